The van der Waals surface area contributed by atoms with E-state index in [1.165, 1.54) is 31.7 Å². The molecule has 1 aliphatic heterocycles. The fraction of sp³-hybridized carbons (Fsp3) is 0.458. The van der Waals surface area contributed by atoms with E-state index in [4.69, 9.17) is 0 Å². The number of amides is 2. The number of aliphatic hydroxyl groups excluding tert-OH is 1. The average Bonchev–Trinajstić information content (AvgIpc) is 3.63. The zero-order valence-electron chi connectivity index (χ0n) is 19.0. The number of halogens is 1. The number of piperidine rings is 1. The van der Waals surface area contributed by atoms with Crippen LogP contribution in [0, 0.1) is 11.7 Å². The number of nitrogens with zero attached hydrogens (tertiary/aromatic N) is 3. The molecule has 1 unspecified atom stereocenters. The van der Waals surface area contributed by atoms with Crippen LogP contribution in [0.15, 0.2) is 36.9 Å². The van der Waals surface area contributed by atoms with Gasteiger partial charge < -0.3 is 20.6 Å². The van der Waals surface area contributed by atoms with Crippen LogP contribution in [0.25, 0.3) is 0 Å². The highest BCUT2D eigenvalue weighted by molar-refractivity contribution is 6.04. The Morgan fingerprint density at radius 3 is 2.50 bits per heavy atom. The first-order valence-corrected chi connectivity index (χ1v) is 11.4. The summed E-state index contributed by atoms with van der Waals surface area (Å²) in [7, 11) is 0. The fourth-order valence-electron chi connectivity index (χ4n) is 4.25. The Bertz CT molecular complexity index is 1070. The van der Waals surface area contributed by atoms with Gasteiger partial charge in [0.15, 0.2) is 5.78 Å². The maximum Gasteiger partial charge on any atom is 0.255 e. The minimum absolute atomic E-state index is 0.0838. The molecular weight excluding hydrogens is 441 g/mol. The predicted octanol–water partition coefficient (Wildman–Crippen LogP) is 1.47. The summed E-state index contributed by atoms with van der Waals surface area (Å²) in [6, 6.07) is 4.47. The van der Waals surface area contributed by atoms with E-state index in [0.717, 1.165) is 12.8 Å². The number of nitrogens with one attached hydrogen (secondary N) is 2. The van der Waals surface area contributed by atoms with Crippen molar-refractivity contribution in [2.75, 3.05) is 24.5 Å². The Hall–Kier alpha value is -3.40. The standard InChI is InChI=1S/C24H28FN5O4/c1-15(31)21(32)20-18(25)3-2-4-19(20)30-9-5-16(6-10-30)11-28-23(34)24(7-8-24)29-22(33)17-12-26-14-27-13-17/h2-4,12-16,31H,5-11H2,1H3,(H,28,34)(H,29,33). The molecule has 2 fully saturated rings. The van der Waals surface area contributed by atoms with E-state index < -0.39 is 23.2 Å². The molecule has 2 amide bonds. The third kappa shape index (κ3) is 5.06. The summed E-state index contributed by atoms with van der Waals surface area (Å²) < 4.78 is 14.4. The summed E-state index contributed by atoms with van der Waals surface area (Å²) in [5, 5.41) is 15.4. The largest absolute Gasteiger partial charge is 0.385 e. The number of carbonyl (C=O) groups excluding carboxylic acids is 3. The molecule has 1 aromatic heterocycles. The van der Waals surface area contributed by atoms with E-state index in [1.807, 2.05) is 4.90 Å². The number of rotatable bonds is 8. The van der Waals surface area contributed by atoms with Gasteiger partial charge >= 0.3 is 0 Å². The minimum Gasteiger partial charge on any atom is -0.385 e. The summed E-state index contributed by atoms with van der Waals surface area (Å²) in [6.07, 6.45) is 5.52. The topological polar surface area (TPSA) is 125 Å². The van der Waals surface area contributed by atoms with Gasteiger partial charge in [-0.05, 0) is 50.7 Å². The van der Waals surface area contributed by atoms with Gasteiger partial charge in [0, 0.05) is 32.0 Å². The molecule has 180 valence electrons. The lowest BCUT2D eigenvalue weighted by Crippen LogP contribution is -2.50. The highest BCUT2D eigenvalue weighted by atomic mass is 19.1. The van der Waals surface area contributed by atoms with E-state index in [1.54, 1.807) is 12.1 Å². The van der Waals surface area contributed by atoms with Crippen molar-refractivity contribution < 1.29 is 23.9 Å². The summed E-state index contributed by atoms with van der Waals surface area (Å²) in [6.45, 7) is 3.00. The Morgan fingerprint density at radius 2 is 1.88 bits per heavy atom. The average molecular weight is 470 g/mol. The predicted molar refractivity (Wildman–Crippen MR) is 122 cm³/mol. The van der Waals surface area contributed by atoms with E-state index in [9.17, 15) is 23.9 Å². The molecule has 2 aliphatic rings. The number of hydrogen-bond acceptors (Lipinski definition) is 7. The highest BCUT2D eigenvalue weighted by Gasteiger charge is 2.51. The summed E-state index contributed by atoms with van der Waals surface area (Å²) in [5.74, 6) is -1.63. The Balaban J connectivity index is 1.30. The molecule has 1 atom stereocenters. The normalized spacial score (nSPS) is 18.1. The number of benzene rings is 1. The molecule has 1 saturated heterocycles. The van der Waals surface area contributed by atoms with Gasteiger partial charge in [-0.1, -0.05) is 6.07 Å². The number of carbonyl (C=O) groups is 3. The molecule has 2 heterocycles. The molecule has 9 nitrogen and oxygen atoms in total. The van der Waals surface area contributed by atoms with Crippen LogP contribution in [0.1, 0.15) is 53.3 Å². The number of hydrogen-bond donors (Lipinski definition) is 3. The third-order valence-electron chi connectivity index (χ3n) is 6.48. The first kappa shape index (κ1) is 23.7. The molecule has 1 saturated carbocycles. The minimum atomic E-state index is -1.28. The molecular formula is C24H28FN5O4. The molecule has 34 heavy (non-hydrogen) atoms. The SMILES string of the molecule is CC(O)C(=O)c1c(F)cccc1N1CCC(CNC(=O)C2(NC(=O)c3cncnc3)CC2)CC1. The van der Waals surface area contributed by atoms with Crippen molar-refractivity contribution in [1.82, 2.24) is 20.6 Å². The molecule has 1 aromatic carbocycles. The van der Waals surface area contributed by atoms with Crippen LogP contribution in [-0.4, -0.2) is 63.9 Å². The molecule has 1 aliphatic carbocycles. The molecule has 0 bridgehead atoms. The van der Waals surface area contributed by atoms with Crippen LogP contribution in [0.3, 0.4) is 0 Å². The highest BCUT2D eigenvalue weighted by Crippen LogP contribution is 2.36. The Labute approximate surface area is 196 Å². The first-order valence-electron chi connectivity index (χ1n) is 11.4. The van der Waals surface area contributed by atoms with E-state index in [-0.39, 0.29) is 23.3 Å². The van der Waals surface area contributed by atoms with Gasteiger partial charge in [0.2, 0.25) is 5.91 Å². The number of Topliss-reactive ketones (excluding diaryl/α,β-unsaturated/α-hetero) is 1. The maximum atomic E-state index is 14.4. The smallest absolute Gasteiger partial charge is 0.255 e. The maximum absolute atomic E-state index is 14.4. The Morgan fingerprint density at radius 1 is 1.21 bits per heavy atom. The van der Waals surface area contributed by atoms with Crippen LogP contribution in [-0.2, 0) is 4.79 Å². The van der Waals surface area contributed by atoms with Crippen molar-refractivity contribution in [3.63, 3.8) is 0 Å². The van der Waals surface area contributed by atoms with Gasteiger partial charge in [0.05, 0.1) is 16.8 Å². The number of anilines is 1. The Kier molecular flexibility index (Phi) is 6.87. The van der Waals surface area contributed by atoms with E-state index in [2.05, 4.69) is 20.6 Å². The summed E-state index contributed by atoms with van der Waals surface area (Å²) in [5.41, 5.74) is -0.178. The zero-order valence-corrected chi connectivity index (χ0v) is 19.0. The second-order valence-corrected chi connectivity index (χ2v) is 8.98. The van der Waals surface area contributed by atoms with Crippen molar-refractivity contribution in [1.29, 1.82) is 0 Å². The van der Waals surface area contributed by atoms with E-state index in [0.29, 0.717) is 43.7 Å². The molecule has 10 heteroatoms. The quantitative estimate of drug-likeness (QED) is 0.500. The van der Waals surface area contributed by atoms with Crippen molar-refractivity contribution in [3.05, 3.63) is 53.9 Å². The van der Waals surface area contributed by atoms with Crippen molar-refractivity contribution in [2.45, 2.75) is 44.2 Å². The molecule has 4 rings (SSSR count). The zero-order chi connectivity index (χ0) is 24.3. The van der Waals surface area contributed by atoms with Gasteiger partial charge in [0.25, 0.3) is 5.91 Å². The van der Waals surface area contributed by atoms with Crippen LogP contribution in [0.5, 0.6) is 0 Å². The number of ketones is 1. The second-order valence-electron chi connectivity index (χ2n) is 8.98. The van der Waals surface area contributed by atoms with Crippen LogP contribution < -0.4 is 15.5 Å². The van der Waals surface area contributed by atoms with Crippen molar-refractivity contribution in [3.8, 4) is 0 Å². The van der Waals surface area contributed by atoms with Gasteiger partial charge in [-0.15, -0.1) is 0 Å². The van der Waals surface area contributed by atoms with Gasteiger partial charge in [-0.2, -0.15) is 0 Å². The van der Waals surface area contributed by atoms with Crippen molar-refractivity contribution in [2.24, 2.45) is 5.92 Å². The molecule has 0 radical (unpaired) electrons. The first-order chi connectivity index (χ1) is 16.3. The van der Waals surface area contributed by atoms with Crippen LogP contribution in [0.2, 0.25) is 0 Å². The molecule has 3 N–H and O–H groups in total. The van der Waals surface area contributed by atoms with E-state index >= 15 is 0 Å². The fourth-order valence-corrected chi connectivity index (χ4v) is 4.25. The van der Waals surface area contributed by atoms with Gasteiger partial charge in [-0.25, -0.2) is 14.4 Å². The lowest BCUT2D eigenvalue weighted by molar-refractivity contribution is -0.124. The number of aliphatic hydroxyl groups is 1. The molecule has 0 spiro atoms. The monoisotopic (exact) mass is 469 g/mol. The summed E-state index contributed by atoms with van der Waals surface area (Å²) in [4.78, 5) is 47.1. The van der Waals surface area contributed by atoms with Crippen molar-refractivity contribution >= 4 is 23.3 Å². The van der Waals surface area contributed by atoms with Crippen LogP contribution in [0.4, 0.5) is 10.1 Å². The summed E-state index contributed by atoms with van der Waals surface area (Å²) >= 11 is 0. The third-order valence-corrected chi connectivity index (χ3v) is 6.48. The molecule has 2 aromatic rings. The second kappa shape index (κ2) is 9.84. The number of aromatic nitrogens is 2. The van der Waals surface area contributed by atoms with Gasteiger partial charge in [-0.3, -0.25) is 14.4 Å². The lowest BCUT2D eigenvalue weighted by Gasteiger charge is -2.35. The van der Waals surface area contributed by atoms with Crippen LogP contribution >= 0.6 is 0 Å². The van der Waals surface area contributed by atoms with Gasteiger partial charge in [0.1, 0.15) is 23.8 Å². The lowest BCUT2D eigenvalue weighted by atomic mass is 9.94.